The molecular formula is C13H18N2O2. The Kier molecular flexibility index (Phi) is 4.84. The van der Waals surface area contributed by atoms with Crippen molar-refractivity contribution in [2.45, 2.75) is 19.4 Å². The third-order valence-corrected chi connectivity index (χ3v) is 2.68. The van der Waals surface area contributed by atoms with Crippen molar-refractivity contribution >= 4 is 11.7 Å². The Labute approximate surface area is 101 Å². The lowest BCUT2D eigenvalue weighted by Gasteiger charge is -2.24. The van der Waals surface area contributed by atoms with Crippen molar-refractivity contribution in [1.29, 1.82) is 0 Å². The molecule has 0 saturated heterocycles. The van der Waals surface area contributed by atoms with Crippen LogP contribution in [0.15, 0.2) is 30.3 Å². The number of benzene rings is 1. The number of hydrogen-bond acceptors (Lipinski definition) is 3. The first kappa shape index (κ1) is 13.4. The minimum absolute atomic E-state index is 0.0249. The van der Waals surface area contributed by atoms with Gasteiger partial charge in [-0.1, -0.05) is 37.3 Å². The number of Topliss-reactive ketones (excluding diaryl/α,β-unsaturated/α-hetero) is 1. The van der Waals surface area contributed by atoms with Gasteiger partial charge in [-0.3, -0.25) is 14.5 Å². The normalized spacial score (nSPS) is 12.4. The Morgan fingerprint density at radius 3 is 2.35 bits per heavy atom. The Morgan fingerprint density at radius 2 is 1.88 bits per heavy atom. The number of ketones is 1. The van der Waals surface area contributed by atoms with Gasteiger partial charge in [-0.05, 0) is 13.5 Å². The quantitative estimate of drug-likeness (QED) is 0.749. The van der Waals surface area contributed by atoms with Crippen molar-refractivity contribution in [1.82, 2.24) is 4.90 Å². The van der Waals surface area contributed by atoms with Crippen LogP contribution >= 0.6 is 0 Å². The largest absolute Gasteiger partial charge is 0.369 e. The molecular weight excluding hydrogens is 216 g/mol. The van der Waals surface area contributed by atoms with E-state index in [4.69, 9.17) is 5.73 Å². The molecule has 2 N–H and O–H groups in total. The number of likely N-dealkylation sites (N-methyl/N-ethyl adjacent to an activating group) is 1. The topological polar surface area (TPSA) is 63.4 Å². The first-order chi connectivity index (χ1) is 8.06. The van der Waals surface area contributed by atoms with Gasteiger partial charge in [0, 0.05) is 5.56 Å². The predicted molar refractivity (Wildman–Crippen MR) is 66.7 cm³/mol. The molecule has 1 rings (SSSR count). The monoisotopic (exact) mass is 234 g/mol. The molecule has 0 heterocycles. The summed E-state index contributed by atoms with van der Waals surface area (Å²) in [7, 11) is 1.74. The Hall–Kier alpha value is -1.68. The van der Waals surface area contributed by atoms with Crippen LogP contribution in [-0.4, -0.2) is 36.2 Å². The summed E-state index contributed by atoms with van der Waals surface area (Å²) in [5, 5.41) is 0. The van der Waals surface area contributed by atoms with Gasteiger partial charge in [0.05, 0.1) is 12.6 Å². The molecule has 0 aliphatic rings. The Morgan fingerprint density at radius 1 is 1.29 bits per heavy atom. The summed E-state index contributed by atoms with van der Waals surface area (Å²) in [5.41, 5.74) is 5.80. The van der Waals surface area contributed by atoms with Gasteiger partial charge in [-0.2, -0.15) is 0 Å². The van der Waals surface area contributed by atoms with Crippen LogP contribution in [0.2, 0.25) is 0 Å². The van der Waals surface area contributed by atoms with Gasteiger partial charge in [-0.15, -0.1) is 0 Å². The molecule has 4 nitrogen and oxygen atoms in total. The van der Waals surface area contributed by atoms with Gasteiger partial charge in [-0.25, -0.2) is 0 Å². The molecule has 0 saturated carbocycles. The minimum atomic E-state index is -0.424. The van der Waals surface area contributed by atoms with E-state index in [9.17, 15) is 9.59 Å². The average molecular weight is 234 g/mol. The van der Waals surface area contributed by atoms with Gasteiger partial charge >= 0.3 is 0 Å². The highest BCUT2D eigenvalue weighted by atomic mass is 16.1. The van der Waals surface area contributed by atoms with Crippen LogP contribution in [0, 0.1) is 0 Å². The molecule has 0 spiro atoms. The maximum Gasteiger partial charge on any atom is 0.231 e. The van der Waals surface area contributed by atoms with E-state index in [0.717, 1.165) is 0 Å². The lowest BCUT2D eigenvalue weighted by atomic mass is 10.0. The van der Waals surface area contributed by atoms with E-state index >= 15 is 0 Å². The molecule has 92 valence electrons. The maximum absolute atomic E-state index is 12.2. The number of amides is 1. The van der Waals surface area contributed by atoms with Crippen molar-refractivity contribution in [2.24, 2.45) is 5.73 Å². The number of carbonyl (C=O) groups excluding carboxylic acids is 2. The Bertz CT molecular complexity index is 390. The van der Waals surface area contributed by atoms with Gasteiger partial charge in [0.15, 0.2) is 5.78 Å². The molecule has 1 unspecified atom stereocenters. The lowest BCUT2D eigenvalue weighted by molar-refractivity contribution is -0.119. The molecule has 0 aromatic heterocycles. The molecule has 1 aromatic carbocycles. The van der Waals surface area contributed by atoms with Crippen LogP contribution < -0.4 is 5.73 Å². The summed E-state index contributed by atoms with van der Waals surface area (Å²) in [6.07, 6.45) is 0.650. The van der Waals surface area contributed by atoms with Crippen LogP contribution in [0.1, 0.15) is 23.7 Å². The second-order valence-electron chi connectivity index (χ2n) is 4.04. The molecule has 1 amide bonds. The number of hydrogen-bond donors (Lipinski definition) is 1. The molecule has 0 aliphatic heterocycles. The average Bonchev–Trinajstić information content (AvgIpc) is 2.30. The van der Waals surface area contributed by atoms with Crippen molar-refractivity contribution in [3.63, 3.8) is 0 Å². The van der Waals surface area contributed by atoms with E-state index in [1.165, 1.54) is 0 Å². The molecule has 0 aliphatic carbocycles. The van der Waals surface area contributed by atoms with Crippen molar-refractivity contribution in [3.8, 4) is 0 Å². The molecule has 0 radical (unpaired) electrons. The van der Waals surface area contributed by atoms with E-state index in [1.54, 1.807) is 24.1 Å². The number of rotatable bonds is 6. The highest BCUT2D eigenvalue weighted by molar-refractivity contribution is 6.00. The second kappa shape index (κ2) is 6.15. The van der Waals surface area contributed by atoms with E-state index < -0.39 is 5.91 Å². The zero-order chi connectivity index (χ0) is 12.8. The van der Waals surface area contributed by atoms with Gasteiger partial charge in [0.25, 0.3) is 0 Å². The van der Waals surface area contributed by atoms with Crippen LogP contribution in [0.5, 0.6) is 0 Å². The van der Waals surface area contributed by atoms with Crippen LogP contribution in [0.3, 0.4) is 0 Å². The van der Waals surface area contributed by atoms with Gasteiger partial charge < -0.3 is 5.73 Å². The van der Waals surface area contributed by atoms with E-state index in [1.807, 2.05) is 25.1 Å². The van der Waals surface area contributed by atoms with E-state index in [-0.39, 0.29) is 18.4 Å². The molecule has 0 fully saturated rings. The molecule has 0 bridgehead atoms. The lowest BCUT2D eigenvalue weighted by Crippen LogP contribution is -2.42. The van der Waals surface area contributed by atoms with Gasteiger partial charge in [0.2, 0.25) is 5.91 Å². The third kappa shape index (κ3) is 3.67. The number of nitrogens with zero attached hydrogens (tertiary/aromatic N) is 1. The standard InChI is InChI=1S/C13H18N2O2/c1-3-11(15(2)9-12(14)16)13(17)10-7-5-4-6-8-10/h4-8,11H,3,9H2,1-2H3,(H2,14,16). The van der Waals surface area contributed by atoms with Gasteiger partial charge in [0.1, 0.15) is 0 Å². The van der Waals surface area contributed by atoms with E-state index in [0.29, 0.717) is 12.0 Å². The second-order valence-corrected chi connectivity index (χ2v) is 4.04. The van der Waals surface area contributed by atoms with Crippen LogP contribution in [0.25, 0.3) is 0 Å². The first-order valence-corrected chi connectivity index (χ1v) is 5.64. The zero-order valence-electron chi connectivity index (χ0n) is 10.2. The highest BCUT2D eigenvalue weighted by Gasteiger charge is 2.23. The third-order valence-electron chi connectivity index (χ3n) is 2.68. The zero-order valence-corrected chi connectivity index (χ0v) is 10.2. The minimum Gasteiger partial charge on any atom is -0.369 e. The predicted octanol–water partition coefficient (Wildman–Crippen LogP) is 1.06. The summed E-state index contributed by atoms with van der Waals surface area (Å²) in [5.74, 6) is -0.399. The highest BCUT2D eigenvalue weighted by Crippen LogP contribution is 2.10. The fraction of sp³-hybridized carbons (Fsp3) is 0.385. The molecule has 4 heteroatoms. The number of primary amides is 1. The summed E-state index contributed by atoms with van der Waals surface area (Å²) < 4.78 is 0. The van der Waals surface area contributed by atoms with E-state index in [2.05, 4.69) is 0 Å². The summed E-state index contributed by atoms with van der Waals surface area (Å²) >= 11 is 0. The smallest absolute Gasteiger partial charge is 0.231 e. The first-order valence-electron chi connectivity index (χ1n) is 5.64. The SMILES string of the molecule is CCC(C(=O)c1ccccc1)N(C)CC(N)=O. The fourth-order valence-corrected chi connectivity index (χ4v) is 1.85. The Balaban J connectivity index is 2.81. The summed E-state index contributed by atoms with van der Waals surface area (Å²) in [6, 6.07) is 8.78. The fourth-order valence-electron chi connectivity index (χ4n) is 1.85. The van der Waals surface area contributed by atoms with Crippen molar-refractivity contribution in [2.75, 3.05) is 13.6 Å². The molecule has 1 aromatic rings. The number of carbonyl (C=O) groups is 2. The molecule has 1 atom stereocenters. The summed E-state index contributed by atoms with van der Waals surface area (Å²) in [4.78, 5) is 24.8. The summed E-state index contributed by atoms with van der Waals surface area (Å²) in [6.45, 7) is 2.01. The maximum atomic E-state index is 12.2. The molecule has 17 heavy (non-hydrogen) atoms. The van der Waals surface area contributed by atoms with Crippen molar-refractivity contribution < 1.29 is 9.59 Å². The number of nitrogens with two attached hydrogens (primary N) is 1. The van der Waals surface area contributed by atoms with Crippen LogP contribution in [0.4, 0.5) is 0 Å². The van der Waals surface area contributed by atoms with Crippen LogP contribution in [-0.2, 0) is 4.79 Å². The van der Waals surface area contributed by atoms with Crippen molar-refractivity contribution in [3.05, 3.63) is 35.9 Å².